The van der Waals surface area contributed by atoms with Crippen molar-refractivity contribution < 1.29 is 18.3 Å². The summed E-state index contributed by atoms with van der Waals surface area (Å²) >= 11 is 0. The third-order valence-electron chi connectivity index (χ3n) is 2.63. The van der Waals surface area contributed by atoms with E-state index in [1.54, 1.807) is 0 Å². The SMILES string of the molecule is CCOc1ccccc1C(C)NCCOCC(F)F. The quantitative estimate of drug-likeness (QED) is 0.702. The normalized spacial score (nSPS) is 12.7. The van der Waals surface area contributed by atoms with Crippen molar-refractivity contribution in [2.75, 3.05) is 26.4 Å². The average Bonchev–Trinajstić information content (AvgIpc) is 2.39. The maximum Gasteiger partial charge on any atom is 0.261 e. The topological polar surface area (TPSA) is 30.5 Å². The van der Waals surface area contributed by atoms with E-state index < -0.39 is 13.0 Å². The second-order valence-electron chi connectivity index (χ2n) is 4.11. The third kappa shape index (κ3) is 5.98. The molecule has 0 aliphatic heterocycles. The molecule has 0 aliphatic carbocycles. The molecule has 19 heavy (non-hydrogen) atoms. The summed E-state index contributed by atoms with van der Waals surface area (Å²) in [5, 5.41) is 3.22. The molecule has 1 rings (SSSR count). The molecule has 5 heteroatoms. The lowest BCUT2D eigenvalue weighted by atomic mass is 10.1. The lowest BCUT2D eigenvalue weighted by Crippen LogP contribution is -2.24. The van der Waals surface area contributed by atoms with Crippen molar-refractivity contribution in [3.63, 3.8) is 0 Å². The molecule has 0 aliphatic rings. The lowest BCUT2D eigenvalue weighted by Gasteiger charge is -2.18. The molecular weight excluding hydrogens is 252 g/mol. The Morgan fingerprint density at radius 1 is 1.26 bits per heavy atom. The number of para-hydroxylation sites is 1. The van der Waals surface area contributed by atoms with Crippen LogP contribution >= 0.6 is 0 Å². The van der Waals surface area contributed by atoms with Crippen LogP contribution in [0.15, 0.2) is 24.3 Å². The van der Waals surface area contributed by atoms with Crippen LogP contribution in [0.5, 0.6) is 5.75 Å². The number of rotatable bonds is 9. The van der Waals surface area contributed by atoms with Gasteiger partial charge in [-0.15, -0.1) is 0 Å². The molecule has 0 spiro atoms. The van der Waals surface area contributed by atoms with Crippen LogP contribution in [0.4, 0.5) is 8.78 Å². The van der Waals surface area contributed by atoms with Crippen LogP contribution in [-0.4, -0.2) is 32.8 Å². The molecule has 0 radical (unpaired) electrons. The highest BCUT2D eigenvalue weighted by Crippen LogP contribution is 2.24. The van der Waals surface area contributed by atoms with E-state index in [1.165, 1.54) is 0 Å². The predicted octanol–water partition coefficient (Wildman–Crippen LogP) is 3.02. The van der Waals surface area contributed by atoms with Gasteiger partial charge in [-0.3, -0.25) is 0 Å². The Morgan fingerprint density at radius 3 is 2.68 bits per heavy atom. The summed E-state index contributed by atoms with van der Waals surface area (Å²) in [6, 6.07) is 7.86. The highest BCUT2D eigenvalue weighted by atomic mass is 19.3. The Bertz CT molecular complexity index is 361. The van der Waals surface area contributed by atoms with E-state index in [0.717, 1.165) is 11.3 Å². The van der Waals surface area contributed by atoms with Crippen molar-refractivity contribution in [2.24, 2.45) is 0 Å². The highest BCUT2D eigenvalue weighted by molar-refractivity contribution is 5.35. The zero-order chi connectivity index (χ0) is 14.1. The minimum Gasteiger partial charge on any atom is -0.494 e. The van der Waals surface area contributed by atoms with Crippen LogP contribution in [0.3, 0.4) is 0 Å². The minimum atomic E-state index is -2.41. The van der Waals surface area contributed by atoms with Gasteiger partial charge in [-0.05, 0) is 19.9 Å². The first-order valence-electron chi connectivity index (χ1n) is 6.46. The third-order valence-corrected chi connectivity index (χ3v) is 2.63. The number of nitrogens with one attached hydrogen (secondary N) is 1. The molecule has 1 N–H and O–H groups in total. The molecule has 0 saturated heterocycles. The molecule has 108 valence electrons. The van der Waals surface area contributed by atoms with Gasteiger partial charge in [0, 0.05) is 18.2 Å². The smallest absolute Gasteiger partial charge is 0.261 e. The van der Waals surface area contributed by atoms with Gasteiger partial charge in [-0.25, -0.2) is 8.78 Å². The van der Waals surface area contributed by atoms with Crippen LogP contribution in [0, 0.1) is 0 Å². The van der Waals surface area contributed by atoms with E-state index in [1.807, 2.05) is 38.1 Å². The summed E-state index contributed by atoms with van der Waals surface area (Å²) in [6.45, 7) is 4.84. The fourth-order valence-corrected chi connectivity index (χ4v) is 1.76. The van der Waals surface area contributed by atoms with Gasteiger partial charge in [0.15, 0.2) is 0 Å². The molecular formula is C14H21F2NO2. The minimum absolute atomic E-state index is 0.0814. The number of hydrogen-bond donors (Lipinski definition) is 1. The van der Waals surface area contributed by atoms with Gasteiger partial charge < -0.3 is 14.8 Å². The van der Waals surface area contributed by atoms with Crippen LogP contribution in [0.25, 0.3) is 0 Å². The van der Waals surface area contributed by atoms with Crippen molar-refractivity contribution >= 4 is 0 Å². The van der Waals surface area contributed by atoms with Gasteiger partial charge in [0.05, 0.1) is 13.2 Å². The van der Waals surface area contributed by atoms with Crippen molar-refractivity contribution in [3.05, 3.63) is 29.8 Å². The number of ether oxygens (including phenoxy) is 2. The van der Waals surface area contributed by atoms with E-state index in [0.29, 0.717) is 13.2 Å². The molecule has 0 saturated carbocycles. The standard InChI is InChI=1S/C14H21F2NO2/c1-3-19-13-7-5-4-6-12(13)11(2)17-8-9-18-10-14(15)16/h4-7,11,14,17H,3,8-10H2,1-2H3. The van der Waals surface area contributed by atoms with Crippen LogP contribution in [0.1, 0.15) is 25.5 Å². The first-order valence-corrected chi connectivity index (χ1v) is 6.46. The second-order valence-corrected chi connectivity index (χ2v) is 4.11. The Balaban J connectivity index is 2.38. The van der Waals surface area contributed by atoms with E-state index in [9.17, 15) is 8.78 Å². The molecule has 0 aromatic heterocycles. The molecule has 0 heterocycles. The van der Waals surface area contributed by atoms with Crippen molar-refractivity contribution in [3.8, 4) is 5.75 Å². The molecule has 0 fully saturated rings. The van der Waals surface area contributed by atoms with Gasteiger partial charge in [-0.2, -0.15) is 0 Å². The van der Waals surface area contributed by atoms with Crippen molar-refractivity contribution in [1.82, 2.24) is 5.32 Å². The summed E-state index contributed by atoms with van der Waals surface area (Å²) in [6.07, 6.45) is -2.41. The number of benzene rings is 1. The number of hydrogen-bond acceptors (Lipinski definition) is 3. The zero-order valence-corrected chi connectivity index (χ0v) is 11.4. The summed E-state index contributed by atoms with van der Waals surface area (Å²) in [4.78, 5) is 0. The Labute approximate surface area is 112 Å². The van der Waals surface area contributed by atoms with E-state index in [4.69, 9.17) is 9.47 Å². The van der Waals surface area contributed by atoms with Gasteiger partial charge in [0.25, 0.3) is 6.43 Å². The van der Waals surface area contributed by atoms with Crippen LogP contribution in [-0.2, 0) is 4.74 Å². The number of alkyl halides is 2. The first-order chi connectivity index (χ1) is 9.15. The Hall–Kier alpha value is -1.20. The predicted molar refractivity (Wildman–Crippen MR) is 70.9 cm³/mol. The van der Waals surface area contributed by atoms with Crippen LogP contribution in [0.2, 0.25) is 0 Å². The largest absolute Gasteiger partial charge is 0.494 e. The summed E-state index contributed by atoms with van der Waals surface area (Å²) in [7, 11) is 0. The van der Waals surface area contributed by atoms with Crippen molar-refractivity contribution in [2.45, 2.75) is 26.3 Å². The van der Waals surface area contributed by atoms with Gasteiger partial charge in [0.1, 0.15) is 12.4 Å². The Morgan fingerprint density at radius 2 is 2.00 bits per heavy atom. The maximum absolute atomic E-state index is 11.9. The van der Waals surface area contributed by atoms with Gasteiger partial charge >= 0.3 is 0 Å². The Kier molecular flexibility index (Phi) is 7.36. The summed E-state index contributed by atoms with van der Waals surface area (Å²) < 4.78 is 34.1. The molecule has 1 aromatic carbocycles. The van der Waals surface area contributed by atoms with Gasteiger partial charge in [0.2, 0.25) is 0 Å². The number of halogens is 2. The fourth-order valence-electron chi connectivity index (χ4n) is 1.76. The zero-order valence-electron chi connectivity index (χ0n) is 11.4. The average molecular weight is 273 g/mol. The molecule has 0 bridgehead atoms. The van der Waals surface area contributed by atoms with E-state index in [-0.39, 0.29) is 12.6 Å². The molecule has 3 nitrogen and oxygen atoms in total. The lowest BCUT2D eigenvalue weighted by molar-refractivity contribution is 0.0183. The maximum atomic E-state index is 11.9. The van der Waals surface area contributed by atoms with E-state index in [2.05, 4.69) is 5.32 Å². The molecule has 0 amide bonds. The highest BCUT2D eigenvalue weighted by Gasteiger charge is 2.10. The summed E-state index contributed by atoms with van der Waals surface area (Å²) in [5.41, 5.74) is 1.05. The monoisotopic (exact) mass is 273 g/mol. The second kappa shape index (κ2) is 8.82. The summed E-state index contributed by atoms with van der Waals surface area (Å²) in [5.74, 6) is 0.846. The van der Waals surface area contributed by atoms with Crippen molar-refractivity contribution in [1.29, 1.82) is 0 Å². The van der Waals surface area contributed by atoms with Crippen LogP contribution < -0.4 is 10.1 Å². The molecule has 1 atom stereocenters. The fraction of sp³-hybridized carbons (Fsp3) is 0.571. The molecule has 1 unspecified atom stereocenters. The van der Waals surface area contributed by atoms with E-state index >= 15 is 0 Å². The van der Waals surface area contributed by atoms with Gasteiger partial charge in [-0.1, -0.05) is 18.2 Å². The molecule has 1 aromatic rings. The first kappa shape index (κ1) is 15.9.